The molecule has 140 valence electrons. The van der Waals surface area contributed by atoms with Gasteiger partial charge in [-0.15, -0.1) is 0 Å². The van der Waals surface area contributed by atoms with E-state index in [1.165, 1.54) is 12.1 Å². The lowest BCUT2D eigenvalue weighted by Crippen LogP contribution is -2.38. The average molecular weight is 361 g/mol. The predicted octanol–water partition coefficient (Wildman–Crippen LogP) is 2.36. The summed E-state index contributed by atoms with van der Waals surface area (Å²) in [5.41, 5.74) is 0.503. The predicted molar refractivity (Wildman–Crippen MR) is 95.3 cm³/mol. The summed E-state index contributed by atoms with van der Waals surface area (Å²) in [6, 6.07) is 4.35. The molecule has 2 aliphatic rings. The van der Waals surface area contributed by atoms with Gasteiger partial charge in [-0.3, -0.25) is 14.9 Å². The van der Waals surface area contributed by atoms with E-state index in [1.54, 1.807) is 11.0 Å². The molecule has 2 aliphatic heterocycles. The van der Waals surface area contributed by atoms with Crippen molar-refractivity contribution >= 4 is 23.3 Å². The van der Waals surface area contributed by atoms with Gasteiger partial charge in [-0.25, -0.2) is 4.79 Å². The summed E-state index contributed by atoms with van der Waals surface area (Å²) in [4.78, 5) is 38.8. The summed E-state index contributed by atoms with van der Waals surface area (Å²) in [6.45, 7) is 2.59. The largest absolute Gasteiger partial charge is 0.452 e. The zero-order chi connectivity index (χ0) is 18.5. The normalized spacial score (nSPS) is 17.2. The Morgan fingerprint density at radius 3 is 2.35 bits per heavy atom. The van der Waals surface area contributed by atoms with Gasteiger partial charge >= 0.3 is 5.97 Å². The summed E-state index contributed by atoms with van der Waals surface area (Å²) in [5, 5.41) is 11.4. The number of nitrogens with zero attached hydrogens (tertiary/aromatic N) is 3. The standard InChI is InChI=1S/C18H23N3O5/c22-17(20-10-2-1-3-11-20)13-26-18(23)14-6-7-15(16(12-14)21(24)25)19-8-4-5-9-19/h6-7,12H,1-5,8-11,13H2. The Balaban J connectivity index is 1.66. The SMILES string of the molecule is O=C(OCC(=O)N1CCCCC1)c1ccc(N2CCCC2)c([N+](=O)[O-])c1. The van der Waals surface area contributed by atoms with Gasteiger partial charge in [-0.2, -0.15) is 0 Å². The number of benzene rings is 1. The summed E-state index contributed by atoms with van der Waals surface area (Å²) in [7, 11) is 0. The van der Waals surface area contributed by atoms with E-state index in [-0.39, 0.29) is 23.8 Å². The number of hydrogen-bond acceptors (Lipinski definition) is 6. The third-order valence-electron chi connectivity index (χ3n) is 4.89. The first-order valence-electron chi connectivity index (χ1n) is 9.04. The Bertz CT molecular complexity index is 694. The molecule has 8 heteroatoms. The molecule has 3 rings (SSSR count). The Morgan fingerprint density at radius 2 is 1.69 bits per heavy atom. The minimum atomic E-state index is -0.716. The van der Waals surface area contributed by atoms with E-state index in [2.05, 4.69) is 0 Å². The van der Waals surface area contributed by atoms with Gasteiger partial charge in [0.05, 0.1) is 10.5 Å². The third-order valence-corrected chi connectivity index (χ3v) is 4.89. The monoisotopic (exact) mass is 361 g/mol. The van der Waals surface area contributed by atoms with Crippen LogP contribution in [0.2, 0.25) is 0 Å². The highest BCUT2D eigenvalue weighted by atomic mass is 16.6. The van der Waals surface area contributed by atoms with E-state index in [4.69, 9.17) is 4.74 Å². The molecule has 8 nitrogen and oxygen atoms in total. The van der Waals surface area contributed by atoms with Gasteiger partial charge in [0, 0.05) is 32.2 Å². The van der Waals surface area contributed by atoms with E-state index in [0.29, 0.717) is 18.8 Å². The third kappa shape index (κ3) is 4.12. The second-order valence-corrected chi connectivity index (χ2v) is 6.67. The van der Waals surface area contributed by atoms with E-state index < -0.39 is 10.9 Å². The van der Waals surface area contributed by atoms with Crippen molar-refractivity contribution in [3.8, 4) is 0 Å². The van der Waals surface area contributed by atoms with Crippen molar-refractivity contribution in [1.82, 2.24) is 4.90 Å². The van der Waals surface area contributed by atoms with Crippen LogP contribution in [-0.4, -0.2) is 54.5 Å². The summed E-state index contributed by atoms with van der Waals surface area (Å²) in [5.74, 6) is -0.937. The molecule has 1 aromatic rings. The second-order valence-electron chi connectivity index (χ2n) is 6.67. The van der Waals surface area contributed by atoms with Crippen LogP contribution < -0.4 is 4.90 Å². The van der Waals surface area contributed by atoms with Crippen molar-refractivity contribution in [2.45, 2.75) is 32.1 Å². The van der Waals surface area contributed by atoms with Crippen LogP contribution in [0, 0.1) is 10.1 Å². The maximum atomic E-state index is 12.2. The molecule has 1 aromatic carbocycles. The number of carbonyl (C=O) groups excluding carboxylic acids is 2. The molecule has 2 saturated heterocycles. The van der Waals surface area contributed by atoms with Crippen molar-refractivity contribution in [1.29, 1.82) is 0 Å². The van der Waals surface area contributed by atoms with E-state index in [0.717, 1.165) is 45.2 Å². The number of anilines is 1. The number of rotatable bonds is 5. The Morgan fingerprint density at radius 1 is 1.04 bits per heavy atom. The number of nitro groups is 1. The first-order valence-corrected chi connectivity index (χ1v) is 9.04. The summed E-state index contributed by atoms with van der Waals surface area (Å²) in [6.07, 6.45) is 5.03. The van der Waals surface area contributed by atoms with Crippen molar-refractivity contribution in [2.75, 3.05) is 37.7 Å². The molecule has 0 N–H and O–H groups in total. The highest BCUT2D eigenvalue weighted by molar-refractivity contribution is 5.93. The van der Waals surface area contributed by atoms with Gasteiger partial charge in [0.15, 0.2) is 6.61 Å². The molecule has 0 aliphatic carbocycles. The maximum absolute atomic E-state index is 12.2. The van der Waals surface area contributed by atoms with Crippen molar-refractivity contribution in [3.05, 3.63) is 33.9 Å². The lowest BCUT2D eigenvalue weighted by molar-refractivity contribution is -0.384. The Hall–Kier alpha value is -2.64. The molecule has 26 heavy (non-hydrogen) atoms. The minimum Gasteiger partial charge on any atom is -0.452 e. The zero-order valence-electron chi connectivity index (χ0n) is 14.7. The number of carbonyl (C=O) groups is 2. The van der Waals surface area contributed by atoms with Gasteiger partial charge in [0.25, 0.3) is 11.6 Å². The van der Waals surface area contributed by atoms with E-state index >= 15 is 0 Å². The van der Waals surface area contributed by atoms with Gasteiger partial charge < -0.3 is 14.5 Å². The number of ether oxygens (including phenoxy) is 1. The molecule has 2 heterocycles. The summed E-state index contributed by atoms with van der Waals surface area (Å²) >= 11 is 0. The Kier molecular flexibility index (Phi) is 5.70. The van der Waals surface area contributed by atoms with Crippen molar-refractivity contribution in [3.63, 3.8) is 0 Å². The van der Waals surface area contributed by atoms with Crippen LogP contribution in [0.5, 0.6) is 0 Å². The second kappa shape index (κ2) is 8.16. The summed E-state index contributed by atoms with van der Waals surface area (Å²) < 4.78 is 5.08. The lowest BCUT2D eigenvalue weighted by Gasteiger charge is -2.26. The van der Waals surface area contributed by atoms with Crippen LogP contribution in [0.15, 0.2) is 18.2 Å². The number of piperidine rings is 1. The molecule has 0 aromatic heterocycles. The van der Waals surface area contributed by atoms with Crippen LogP contribution in [0.25, 0.3) is 0 Å². The minimum absolute atomic E-state index is 0.0890. The highest BCUT2D eigenvalue weighted by Crippen LogP contribution is 2.31. The van der Waals surface area contributed by atoms with Crippen LogP contribution in [0.1, 0.15) is 42.5 Å². The zero-order valence-corrected chi connectivity index (χ0v) is 14.7. The molecule has 0 bridgehead atoms. The fraction of sp³-hybridized carbons (Fsp3) is 0.556. The van der Waals surface area contributed by atoms with Crippen LogP contribution in [-0.2, 0) is 9.53 Å². The lowest BCUT2D eigenvalue weighted by atomic mass is 10.1. The van der Waals surface area contributed by atoms with Crippen LogP contribution in [0.4, 0.5) is 11.4 Å². The Labute approximate surface area is 151 Å². The number of nitro benzene ring substituents is 1. The fourth-order valence-electron chi connectivity index (χ4n) is 3.47. The molecule has 0 spiro atoms. The van der Waals surface area contributed by atoms with Crippen LogP contribution >= 0.6 is 0 Å². The average Bonchev–Trinajstić information content (AvgIpc) is 3.20. The molecule has 2 fully saturated rings. The quantitative estimate of drug-likeness (QED) is 0.454. The highest BCUT2D eigenvalue weighted by Gasteiger charge is 2.25. The van der Waals surface area contributed by atoms with E-state index in [1.807, 2.05) is 4.90 Å². The molecule has 0 radical (unpaired) electrons. The number of likely N-dealkylation sites (tertiary alicyclic amines) is 1. The topological polar surface area (TPSA) is 93.0 Å². The van der Waals surface area contributed by atoms with Crippen molar-refractivity contribution < 1.29 is 19.2 Å². The molecule has 0 saturated carbocycles. The van der Waals surface area contributed by atoms with Gasteiger partial charge in [-0.05, 0) is 44.2 Å². The molecular formula is C18H23N3O5. The maximum Gasteiger partial charge on any atom is 0.338 e. The molecule has 0 atom stereocenters. The molecule has 1 amide bonds. The first kappa shape index (κ1) is 18.2. The van der Waals surface area contributed by atoms with E-state index in [9.17, 15) is 19.7 Å². The van der Waals surface area contributed by atoms with Crippen molar-refractivity contribution in [2.24, 2.45) is 0 Å². The first-order chi connectivity index (χ1) is 12.6. The number of esters is 1. The molecular weight excluding hydrogens is 338 g/mol. The number of amides is 1. The van der Waals surface area contributed by atoms with Gasteiger partial charge in [-0.1, -0.05) is 0 Å². The van der Waals surface area contributed by atoms with Gasteiger partial charge in [0.1, 0.15) is 5.69 Å². The number of hydrogen-bond donors (Lipinski definition) is 0. The fourth-order valence-corrected chi connectivity index (χ4v) is 3.47. The van der Waals surface area contributed by atoms with Gasteiger partial charge in [0.2, 0.25) is 0 Å². The van der Waals surface area contributed by atoms with Crippen LogP contribution in [0.3, 0.4) is 0 Å². The molecule has 0 unspecified atom stereocenters. The smallest absolute Gasteiger partial charge is 0.338 e.